The van der Waals surface area contributed by atoms with Crippen LogP contribution in [0.3, 0.4) is 0 Å². The standard InChI is InChI=1S/C17H23N3/c1-19(14-20-11-9-18-10-12-20)13-16-7-4-6-15-5-2-3-8-17(15)16/h2-8,18H,9-14H2,1H3. The molecule has 0 unspecified atom stereocenters. The molecule has 3 rings (SSSR count). The van der Waals surface area contributed by atoms with E-state index in [-0.39, 0.29) is 0 Å². The van der Waals surface area contributed by atoms with Crippen molar-refractivity contribution in [2.24, 2.45) is 0 Å². The van der Waals surface area contributed by atoms with E-state index < -0.39 is 0 Å². The van der Waals surface area contributed by atoms with Crippen molar-refractivity contribution >= 4 is 10.8 Å². The first-order valence-corrected chi connectivity index (χ1v) is 7.41. The Balaban J connectivity index is 1.69. The molecule has 1 N–H and O–H groups in total. The van der Waals surface area contributed by atoms with E-state index in [1.807, 2.05) is 0 Å². The minimum Gasteiger partial charge on any atom is -0.314 e. The quantitative estimate of drug-likeness (QED) is 0.917. The first kappa shape index (κ1) is 13.6. The second-order valence-corrected chi connectivity index (χ2v) is 5.66. The maximum Gasteiger partial charge on any atom is 0.0507 e. The summed E-state index contributed by atoms with van der Waals surface area (Å²) in [6, 6.07) is 15.2. The van der Waals surface area contributed by atoms with Crippen LogP contribution in [0, 0.1) is 0 Å². The van der Waals surface area contributed by atoms with Crippen molar-refractivity contribution in [1.29, 1.82) is 0 Å². The van der Waals surface area contributed by atoms with Crippen LogP contribution in [-0.4, -0.2) is 49.7 Å². The Morgan fingerprint density at radius 1 is 1.05 bits per heavy atom. The second-order valence-electron chi connectivity index (χ2n) is 5.66. The summed E-state index contributed by atoms with van der Waals surface area (Å²) in [5, 5.41) is 6.11. The van der Waals surface area contributed by atoms with Crippen LogP contribution in [0.15, 0.2) is 42.5 Å². The second kappa shape index (κ2) is 6.35. The van der Waals surface area contributed by atoms with Crippen molar-refractivity contribution in [3.05, 3.63) is 48.0 Å². The first-order valence-electron chi connectivity index (χ1n) is 7.41. The van der Waals surface area contributed by atoms with Crippen molar-refractivity contribution in [2.45, 2.75) is 6.54 Å². The van der Waals surface area contributed by atoms with E-state index in [1.54, 1.807) is 0 Å². The molecule has 1 heterocycles. The highest BCUT2D eigenvalue weighted by atomic mass is 15.3. The van der Waals surface area contributed by atoms with E-state index >= 15 is 0 Å². The molecule has 1 saturated heterocycles. The van der Waals surface area contributed by atoms with E-state index in [9.17, 15) is 0 Å². The van der Waals surface area contributed by atoms with Gasteiger partial charge in [-0.05, 0) is 23.4 Å². The lowest BCUT2D eigenvalue weighted by Crippen LogP contribution is -2.47. The zero-order chi connectivity index (χ0) is 13.8. The predicted octanol–water partition coefficient (Wildman–Crippen LogP) is 2.13. The van der Waals surface area contributed by atoms with E-state index in [0.29, 0.717) is 0 Å². The number of nitrogens with zero attached hydrogens (tertiary/aromatic N) is 2. The van der Waals surface area contributed by atoms with Gasteiger partial charge in [0.1, 0.15) is 0 Å². The molecule has 0 bridgehead atoms. The van der Waals surface area contributed by atoms with Gasteiger partial charge in [0, 0.05) is 32.7 Å². The number of nitrogens with one attached hydrogen (secondary N) is 1. The molecule has 2 aromatic carbocycles. The summed E-state index contributed by atoms with van der Waals surface area (Å²) in [5.41, 5.74) is 1.42. The highest BCUT2D eigenvalue weighted by molar-refractivity contribution is 5.85. The van der Waals surface area contributed by atoms with Gasteiger partial charge in [-0.1, -0.05) is 42.5 Å². The summed E-state index contributed by atoms with van der Waals surface area (Å²) in [6.45, 7) is 6.58. The lowest BCUT2D eigenvalue weighted by Gasteiger charge is -2.31. The van der Waals surface area contributed by atoms with Crippen LogP contribution in [0.25, 0.3) is 10.8 Å². The highest BCUT2D eigenvalue weighted by Crippen LogP contribution is 2.19. The fourth-order valence-corrected chi connectivity index (χ4v) is 2.97. The van der Waals surface area contributed by atoms with Gasteiger partial charge in [-0.25, -0.2) is 0 Å². The first-order chi connectivity index (χ1) is 9.83. The van der Waals surface area contributed by atoms with Crippen molar-refractivity contribution in [2.75, 3.05) is 39.9 Å². The SMILES string of the molecule is CN(Cc1cccc2ccccc12)CN1CCNCC1. The minimum absolute atomic E-state index is 1.01. The summed E-state index contributed by atoms with van der Waals surface area (Å²) in [6.07, 6.45) is 0. The molecule has 1 aliphatic heterocycles. The largest absolute Gasteiger partial charge is 0.314 e. The maximum atomic E-state index is 3.40. The van der Waals surface area contributed by atoms with E-state index in [2.05, 4.69) is 64.6 Å². The molecule has 0 atom stereocenters. The number of hydrogen-bond donors (Lipinski definition) is 1. The molecule has 1 fully saturated rings. The maximum absolute atomic E-state index is 3.40. The lowest BCUT2D eigenvalue weighted by atomic mass is 10.0. The number of piperazine rings is 1. The molecule has 0 spiro atoms. The topological polar surface area (TPSA) is 18.5 Å². The van der Waals surface area contributed by atoms with Gasteiger partial charge in [-0.3, -0.25) is 9.80 Å². The molecule has 0 aliphatic carbocycles. The van der Waals surface area contributed by atoms with Crippen LogP contribution < -0.4 is 5.32 Å². The Morgan fingerprint density at radius 2 is 1.80 bits per heavy atom. The smallest absolute Gasteiger partial charge is 0.0507 e. The fraction of sp³-hybridized carbons (Fsp3) is 0.412. The number of hydrogen-bond acceptors (Lipinski definition) is 3. The Hall–Kier alpha value is -1.42. The average Bonchev–Trinajstić information content (AvgIpc) is 2.48. The molecular formula is C17H23N3. The Kier molecular flexibility index (Phi) is 4.31. The Bertz CT molecular complexity index is 556. The Morgan fingerprint density at radius 3 is 2.65 bits per heavy atom. The number of benzene rings is 2. The van der Waals surface area contributed by atoms with Crippen LogP contribution in [0.1, 0.15) is 5.56 Å². The molecule has 0 radical (unpaired) electrons. The van der Waals surface area contributed by atoms with Gasteiger partial charge in [-0.2, -0.15) is 0 Å². The average molecular weight is 269 g/mol. The monoisotopic (exact) mass is 269 g/mol. The molecule has 3 heteroatoms. The number of rotatable bonds is 4. The summed E-state index contributed by atoms with van der Waals surface area (Å²) in [4.78, 5) is 4.93. The van der Waals surface area contributed by atoms with E-state index in [0.717, 1.165) is 39.4 Å². The molecule has 106 valence electrons. The summed E-state index contributed by atoms with van der Waals surface area (Å²) >= 11 is 0. The third-order valence-corrected chi connectivity index (χ3v) is 3.97. The van der Waals surface area contributed by atoms with E-state index in [4.69, 9.17) is 0 Å². The molecule has 20 heavy (non-hydrogen) atoms. The zero-order valence-corrected chi connectivity index (χ0v) is 12.2. The third-order valence-electron chi connectivity index (χ3n) is 3.97. The van der Waals surface area contributed by atoms with Gasteiger partial charge in [0.2, 0.25) is 0 Å². The van der Waals surface area contributed by atoms with Crippen molar-refractivity contribution in [3.8, 4) is 0 Å². The van der Waals surface area contributed by atoms with Gasteiger partial charge in [0.25, 0.3) is 0 Å². The van der Waals surface area contributed by atoms with Crippen molar-refractivity contribution in [3.63, 3.8) is 0 Å². The normalized spacial score (nSPS) is 16.9. The van der Waals surface area contributed by atoms with Crippen LogP contribution in [0.4, 0.5) is 0 Å². The molecule has 1 aliphatic rings. The molecule has 0 amide bonds. The molecule has 3 nitrogen and oxygen atoms in total. The van der Waals surface area contributed by atoms with Crippen LogP contribution in [0.5, 0.6) is 0 Å². The van der Waals surface area contributed by atoms with Crippen molar-refractivity contribution < 1.29 is 0 Å². The predicted molar refractivity (Wildman–Crippen MR) is 84.7 cm³/mol. The summed E-state index contributed by atoms with van der Waals surface area (Å²) in [5.74, 6) is 0. The van der Waals surface area contributed by atoms with Gasteiger partial charge in [-0.15, -0.1) is 0 Å². The highest BCUT2D eigenvalue weighted by Gasteiger charge is 2.12. The molecule has 2 aromatic rings. The van der Waals surface area contributed by atoms with Gasteiger partial charge >= 0.3 is 0 Å². The number of fused-ring (bicyclic) bond motifs is 1. The van der Waals surface area contributed by atoms with Gasteiger partial charge in [0.15, 0.2) is 0 Å². The molecule has 0 saturated carbocycles. The third kappa shape index (κ3) is 3.18. The van der Waals surface area contributed by atoms with Crippen LogP contribution >= 0.6 is 0 Å². The van der Waals surface area contributed by atoms with Gasteiger partial charge < -0.3 is 5.32 Å². The molecular weight excluding hydrogens is 246 g/mol. The van der Waals surface area contributed by atoms with Crippen molar-refractivity contribution in [1.82, 2.24) is 15.1 Å². The summed E-state index contributed by atoms with van der Waals surface area (Å²) in [7, 11) is 2.21. The zero-order valence-electron chi connectivity index (χ0n) is 12.2. The van der Waals surface area contributed by atoms with Gasteiger partial charge in [0.05, 0.1) is 6.67 Å². The minimum atomic E-state index is 1.01. The molecule has 0 aromatic heterocycles. The van der Waals surface area contributed by atoms with Crippen LogP contribution in [-0.2, 0) is 6.54 Å². The van der Waals surface area contributed by atoms with Crippen LogP contribution in [0.2, 0.25) is 0 Å². The fourth-order valence-electron chi connectivity index (χ4n) is 2.97. The Labute approximate surface area is 121 Å². The summed E-state index contributed by atoms with van der Waals surface area (Å²) < 4.78 is 0. The lowest BCUT2D eigenvalue weighted by molar-refractivity contribution is 0.135. The van der Waals surface area contributed by atoms with E-state index in [1.165, 1.54) is 16.3 Å².